The van der Waals surface area contributed by atoms with Gasteiger partial charge in [-0.05, 0) is 25.8 Å². The second kappa shape index (κ2) is 8.86. The van der Waals surface area contributed by atoms with E-state index < -0.39 is 11.2 Å². The lowest BCUT2D eigenvalue weighted by Gasteiger charge is -2.31. The molecule has 0 aliphatic carbocycles. The van der Waals surface area contributed by atoms with Crippen LogP contribution in [0.25, 0.3) is 22.1 Å². The van der Waals surface area contributed by atoms with E-state index in [9.17, 15) is 9.59 Å². The monoisotopic (exact) mass is 460 g/mol. The molecule has 176 valence electrons. The first kappa shape index (κ1) is 22.0. The minimum Gasteiger partial charge on any atom is -0.341 e. The Morgan fingerprint density at radius 1 is 1.18 bits per heavy atom. The van der Waals surface area contributed by atoms with Gasteiger partial charge >= 0.3 is 5.69 Å². The fourth-order valence-electron chi connectivity index (χ4n) is 4.54. The van der Waals surface area contributed by atoms with Crippen LogP contribution in [-0.2, 0) is 20.1 Å². The highest BCUT2D eigenvalue weighted by Gasteiger charge is 2.26. The minimum atomic E-state index is -0.452. The molecule has 10 heteroatoms. The Balaban J connectivity index is 1.67. The first-order valence-electron chi connectivity index (χ1n) is 11.5. The first-order chi connectivity index (χ1) is 16.5. The van der Waals surface area contributed by atoms with Gasteiger partial charge in [-0.25, -0.2) is 14.8 Å². The Hall–Kier alpha value is -3.79. The van der Waals surface area contributed by atoms with Crippen molar-refractivity contribution in [3.63, 3.8) is 0 Å². The van der Waals surface area contributed by atoms with Gasteiger partial charge < -0.3 is 15.2 Å². The number of nitrogens with zero attached hydrogens (tertiary/aromatic N) is 7. The third-order valence-corrected chi connectivity index (χ3v) is 6.32. The summed E-state index contributed by atoms with van der Waals surface area (Å²) in [6.07, 6.45) is 7.52. The lowest BCUT2D eigenvalue weighted by Crippen LogP contribution is -2.44. The number of allylic oxidation sites excluding steroid dienone is 2. The molecule has 4 heterocycles. The van der Waals surface area contributed by atoms with Crippen molar-refractivity contribution >= 4 is 28.0 Å². The van der Waals surface area contributed by atoms with E-state index in [2.05, 4.69) is 14.9 Å². The van der Waals surface area contributed by atoms with Crippen LogP contribution in [-0.4, -0.2) is 47.8 Å². The molecule has 34 heavy (non-hydrogen) atoms. The number of anilines is 1. The average Bonchev–Trinajstić information content (AvgIpc) is 3.23. The molecule has 1 aliphatic rings. The third-order valence-electron chi connectivity index (χ3n) is 6.32. The molecule has 1 atom stereocenters. The molecule has 2 N–H and O–H groups in total. The van der Waals surface area contributed by atoms with E-state index in [1.807, 2.05) is 47.9 Å². The van der Waals surface area contributed by atoms with Gasteiger partial charge in [0.2, 0.25) is 5.95 Å². The molecule has 1 fully saturated rings. The van der Waals surface area contributed by atoms with Crippen LogP contribution in [0.3, 0.4) is 0 Å². The van der Waals surface area contributed by atoms with Crippen molar-refractivity contribution < 1.29 is 0 Å². The highest BCUT2D eigenvalue weighted by Crippen LogP contribution is 2.23. The van der Waals surface area contributed by atoms with Gasteiger partial charge in [0.25, 0.3) is 5.56 Å². The molecule has 1 saturated heterocycles. The lowest BCUT2D eigenvalue weighted by atomic mass is 10.1. The van der Waals surface area contributed by atoms with Gasteiger partial charge in [-0.2, -0.15) is 4.98 Å². The van der Waals surface area contributed by atoms with Crippen molar-refractivity contribution in [2.24, 2.45) is 12.8 Å². The van der Waals surface area contributed by atoms with Crippen LogP contribution in [0.2, 0.25) is 0 Å². The van der Waals surface area contributed by atoms with E-state index in [1.54, 1.807) is 13.2 Å². The number of benzene rings is 1. The van der Waals surface area contributed by atoms with Crippen molar-refractivity contribution in [1.29, 1.82) is 0 Å². The quantitative estimate of drug-likeness (QED) is 0.447. The van der Waals surface area contributed by atoms with E-state index in [4.69, 9.17) is 10.7 Å². The smallest absolute Gasteiger partial charge is 0.332 e. The zero-order chi connectivity index (χ0) is 23.8. The molecular formula is C24H28N8O2. The molecule has 0 spiro atoms. The standard InChI is InChI=1S/C24H28N8O2/c1-3-4-12-31-20-21(28-23(31)30-11-7-9-17(25)14-30)29(2)24(34)32(22(20)33)15-19-26-13-16-8-5-6-10-18(16)27-19/h3-6,8,10,13,17H,7,9,11-12,14-15,25H2,1-2H3. The number of fused-ring (bicyclic) bond motifs is 2. The number of nitrogens with two attached hydrogens (primary N) is 1. The molecule has 4 aromatic rings. The normalized spacial score (nSPS) is 16.8. The number of rotatable bonds is 5. The minimum absolute atomic E-state index is 0.0228. The molecule has 5 rings (SSSR count). The Kier molecular flexibility index (Phi) is 5.74. The summed E-state index contributed by atoms with van der Waals surface area (Å²) in [5.74, 6) is 1.06. The van der Waals surface area contributed by atoms with Gasteiger partial charge in [0.05, 0.1) is 12.1 Å². The highest BCUT2D eigenvalue weighted by molar-refractivity contribution is 5.77. The third kappa shape index (κ3) is 3.79. The topological polar surface area (TPSA) is 117 Å². The Bertz CT molecular complexity index is 1510. The van der Waals surface area contributed by atoms with Crippen LogP contribution in [0.1, 0.15) is 25.6 Å². The number of piperidine rings is 1. The molecule has 0 saturated carbocycles. The van der Waals surface area contributed by atoms with Crippen LogP contribution in [0.15, 0.2) is 52.2 Å². The summed E-state index contributed by atoms with van der Waals surface area (Å²) in [4.78, 5) is 42.7. The van der Waals surface area contributed by atoms with E-state index in [1.165, 1.54) is 9.13 Å². The molecule has 0 radical (unpaired) electrons. The van der Waals surface area contributed by atoms with Gasteiger partial charge in [0.1, 0.15) is 5.82 Å². The lowest BCUT2D eigenvalue weighted by molar-refractivity contribution is 0.495. The Morgan fingerprint density at radius 3 is 2.79 bits per heavy atom. The zero-order valence-corrected chi connectivity index (χ0v) is 19.4. The Labute approximate surface area is 196 Å². The molecule has 1 unspecified atom stereocenters. The van der Waals surface area contributed by atoms with Gasteiger partial charge in [-0.15, -0.1) is 0 Å². The first-order valence-corrected chi connectivity index (χ1v) is 11.5. The summed E-state index contributed by atoms with van der Waals surface area (Å²) < 4.78 is 4.50. The predicted octanol–water partition coefficient (Wildman–Crippen LogP) is 1.39. The maximum Gasteiger partial charge on any atom is 0.332 e. The van der Waals surface area contributed by atoms with Crippen molar-refractivity contribution in [3.8, 4) is 0 Å². The SMILES string of the molecule is CC=CCn1c(N2CCCC(N)C2)nc2c1c(=O)n(Cc1ncc3ccccc3n1)c(=O)n2C. The second-order valence-electron chi connectivity index (χ2n) is 8.69. The number of hydrogen-bond acceptors (Lipinski definition) is 7. The van der Waals surface area contributed by atoms with Crippen molar-refractivity contribution in [1.82, 2.24) is 28.7 Å². The summed E-state index contributed by atoms with van der Waals surface area (Å²) >= 11 is 0. The summed E-state index contributed by atoms with van der Waals surface area (Å²) in [5.41, 5.74) is 6.87. The fraction of sp³-hybridized carbons (Fsp3) is 0.375. The summed E-state index contributed by atoms with van der Waals surface area (Å²) in [5, 5.41) is 0.899. The van der Waals surface area contributed by atoms with Crippen molar-refractivity contribution in [3.05, 3.63) is 69.3 Å². The van der Waals surface area contributed by atoms with E-state index in [0.29, 0.717) is 36.0 Å². The average molecular weight is 461 g/mol. The van der Waals surface area contributed by atoms with E-state index >= 15 is 0 Å². The summed E-state index contributed by atoms with van der Waals surface area (Å²) in [7, 11) is 1.64. The molecule has 10 nitrogen and oxygen atoms in total. The van der Waals surface area contributed by atoms with Crippen LogP contribution in [0.4, 0.5) is 5.95 Å². The largest absolute Gasteiger partial charge is 0.341 e. The predicted molar refractivity (Wildman–Crippen MR) is 132 cm³/mol. The molecular weight excluding hydrogens is 432 g/mol. The maximum absolute atomic E-state index is 13.7. The van der Waals surface area contributed by atoms with E-state index in [-0.39, 0.29) is 12.6 Å². The van der Waals surface area contributed by atoms with Gasteiger partial charge in [0.15, 0.2) is 11.2 Å². The Morgan fingerprint density at radius 2 is 2.00 bits per heavy atom. The summed E-state index contributed by atoms with van der Waals surface area (Å²) in [6, 6.07) is 7.66. The van der Waals surface area contributed by atoms with Crippen LogP contribution in [0, 0.1) is 0 Å². The number of aromatic nitrogens is 6. The maximum atomic E-state index is 13.7. The van der Waals surface area contributed by atoms with Crippen molar-refractivity contribution in [2.75, 3.05) is 18.0 Å². The fourth-order valence-corrected chi connectivity index (χ4v) is 4.54. The second-order valence-corrected chi connectivity index (χ2v) is 8.69. The molecule has 1 aliphatic heterocycles. The molecule has 0 amide bonds. The highest BCUT2D eigenvalue weighted by atomic mass is 16.2. The number of aryl methyl sites for hydroxylation is 1. The zero-order valence-electron chi connectivity index (χ0n) is 19.4. The number of para-hydroxylation sites is 1. The van der Waals surface area contributed by atoms with Crippen LogP contribution < -0.4 is 21.9 Å². The number of hydrogen-bond donors (Lipinski definition) is 1. The molecule has 3 aromatic heterocycles. The van der Waals surface area contributed by atoms with Crippen LogP contribution in [0.5, 0.6) is 0 Å². The van der Waals surface area contributed by atoms with Gasteiger partial charge in [-0.3, -0.25) is 13.9 Å². The van der Waals surface area contributed by atoms with Crippen LogP contribution >= 0.6 is 0 Å². The van der Waals surface area contributed by atoms with Gasteiger partial charge in [0, 0.05) is 44.3 Å². The molecule has 0 bridgehead atoms. The summed E-state index contributed by atoms with van der Waals surface area (Å²) in [6.45, 7) is 3.84. The van der Waals surface area contributed by atoms with Crippen molar-refractivity contribution in [2.45, 2.75) is 38.9 Å². The number of imidazole rings is 1. The molecule has 1 aromatic carbocycles. The van der Waals surface area contributed by atoms with Gasteiger partial charge in [-0.1, -0.05) is 30.4 Å². The van der Waals surface area contributed by atoms with E-state index in [0.717, 1.165) is 30.3 Å².